The maximum absolute atomic E-state index is 12.2. The number of fused-ring (bicyclic) bond motifs is 1. The van der Waals surface area contributed by atoms with Crippen LogP contribution in [-0.2, 0) is 14.6 Å². The first-order valence-corrected chi connectivity index (χ1v) is 8.27. The molecule has 1 heterocycles. The summed E-state index contributed by atoms with van der Waals surface area (Å²) in [5.74, 6) is -0.839. The second kappa shape index (κ2) is 5.54. The maximum Gasteiger partial charge on any atom is 0.304 e. The van der Waals surface area contributed by atoms with Crippen LogP contribution < -0.4 is 0 Å². The van der Waals surface area contributed by atoms with Crippen molar-refractivity contribution in [2.75, 3.05) is 12.3 Å². The number of hydrogen-bond donors (Lipinski definition) is 1. The topological polar surface area (TPSA) is 74.7 Å². The number of aliphatic carboxylic acids is 1. The zero-order chi connectivity index (χ0) is 14.9. The highest BCUT2D eigenvalue weighted by Crippen LogP contribution is 2.37. The lowest BCUT2D eigenvalue weighted by Crippen LogP contribution is -2.37. The van der Waals surface area contributed by atoms with Crippen molar-refractivity contribution in [2.24, 2.45) is 0 Å². The zero-order valence-corrected chi connectivity index (χ0v) is 12.4. The quantitative estimate of drug-likeness (QED) is 0.895. The minimum Gasteiger partial charge on any atom is -0.481 e. The molecule has 0 spiro atoms. The van der Waals surface area contributed by atoms with Gasteiger partial charge in [0.15, 0.2) is 9.84 Å². The van der Waals surface area contributed by atoms with E-state index in [-0.39, 0.29) is 24.3 Å². The predicted octanol–water partition coefficient (Wildman–Crippen LogP) is 1.70. The number of rotatable bonds is 5. The summed E-state index contributed by atoms with van der Waals surface area (Å²) < 4.78 is 24.4. The molecule has 0 saturated heterocycles. The lowest BCUT2D eigenvalue weighted by atomic mass is 10.1. The highest BCUT2D eigenvalue weighted by molar-refractivity contribution is 7.91. The molecule has 1 aromatic rings. The van der Waals surface area contributed by atoms with Gasteiger partial charge >= 0.3 is 5.97 Å². The summed E-state index contributed by atoms with van der Waals surface area (Å²) >= 11 is 0. The van der Waals surface area contributed by atoms with Gasteiger partial charge in [-0.15, -0.1) is 0 Å². The fraction of sp³-hybridized carbons (Fsp3) is 0.500. The second-order valence-corrected chi connectivity index (χ2v) is 7.31. The Morgan fingerprint density at radius 3 is 2.65 bits per heavy atom. The molecule has 110 valence electrons. The van der Waals surface area contributed by atoms with Crippen molar-refractivity contribution in [1.82, 2.24) is 4.90 Å². The van der Waals surface area contributed by atoms with Crippen molar-refractivity contribution in [2.45, 2.75) is 37.2 Å². The van der Waals surface area contributed by atoms with Gasteiger partial charge in [-0.3, -0.25) is 9.69 Å². The molecule has 1 atom stereocenters. The minimum absolute atomic E-state index is 0.0108. The van der Waals surface area contributed by atoms with Crippen molar-refractivity contribution in [1.29, 1.82) is 0 Å². The Hall–Kier alpha value is -1.40. The van der Waals surface area contributed by atoms with Gasteiger partial charge in [-0.2, -0.15) is 0 Å². The largest absolute Gasteiger partial charge is 0.481 e. The molecule has 1 aliphatic rings. The van der Waals surface area contributed by atoms with Crippen LogP contribution in [0.15, 0.2) is 29.2 Å². The normalized spacial score (nSPS) is 20.3. The Kier molecular flexibility index (Phi) is 4.15. The fourth-order valence-corrected chi connectivity index (χ4v) is 4.51. The van der Waals surface area contributed by atoms with Gasteiger partial charge in [0.25, 0.3) is 0 Å². The summed E-state index contributed by atoms with van der Waals surface area (Å²) in [6.07, 6.45) is 0.0108. The van der Waals surface area contributed by atoms with E-state index >= 15 is 0 Å². The molecule has 1 aromatic carbocycles. The molecule has 0 amide bonds. The summed E-state index contributed by atoms with van der Waals surface area (Å²) in [6, 6.07) is 6.82. The Balaban J connectivity index is 2.34. The number of sulfone groups is 1. The Bertz CT molecular complexity index is 609. The fourth-order valence-electron chi connectivity index (χ4n) is 2.70. The highest BCUT2D eigenvalue weighted by atomic mass is 32.2. The van der Waals surface area contributed by atoms with Crippen LogP contribution in [0.2, 0.25) is 0 Å². The first-order valence-electron chi connectivity index (χ1n) is 6.62. The highest BCUT2D eigenvalue weighted by Gasteiger charge is 2.38. The van der Waals surface area contributed by atoms with Gasteiger partial charge < -0.3 is 5.11 Å². The van der Waals surface area contributed by atoms with E-state index in [0.29, 0.717) is 11.4 Å². The summed E-state index contributed by atoms with van der Waals surface area (Å²) in [5, 5.41) is 8.84. The van der Waals surface area contributed by atoms with E-state index in [1.54, 1.807) is 12.1 Å². The van der Waals surface area contributed by atoms with Gasteiger partial charge in [-0.1, -0.05) is 18.2 Å². The first kappa shape index (κ1) is 15.0. The van der Waals surface area contributed by atoms with E-state index in [0.717, 1.165) is 5.56 Å². The molecule has 5 nitrogen and oxygen atoms in total. The summed E-state index contributed by atoms with van der Waals surface area (Å²) in [7, 11) is -3.26. The molecule has 6 heteroatoms. The summed E-state index contributed by atoms with van der Waals surface area (Å²) in [6.45, 7) is 4.26. The lowest BCUT2D eigenvalue weighted by Gasteiger charge is -2.32. The van der Waals surface area contributed by atoms with E-state index < -0.39 is 15.8 Å². The third-order valence-corrected chi connectivity index (χ3v) is 5.43. The molecule has 0 bridgehead atoms. The summed E-state index contributed by atoms with van der Waals surface area (Å²) in [4.78, 5) is 13.1. The number of carboxylic acids is 1. The SMILES string of the molecule is CC(C)N(CCC(=O)O)C1CS(=O)(=O)c2ccccc21. The molecule has 0 fully saturated rings. The zero-order valence-electron chi connectivity index (χ0n) is 11.6. The molecule has 0 aromatic heterocycles. The molecule has 2 rings (SSSR count). The van der Waals surface area contributed by atoms with E-state index in [4.69, 9.17) is 5.11 Å². The number of hydrogen-bond acceptors (Lipinski definition) is 4. The first-order chi connectivity index (χ1) is 9.33. The van der Waals surface area contributed by atoms with Crippen LogP contribution in [0.4, 0.5) is 0 Å². The van der Waals surface area contributed by atoms with Crippen LogP contribution in [0.1, 0.15) is 31.9 Å². The van der Waals surface area contributed by atoms with Crippen LogP contribution in [-0.4, -0.2) is 42.7 Å². The Morgan fingerprint density at radius 2 is 2.05 bits per heavy atom. The molecule has 1 aliphatic heterocycles. The van der Waals surface area contributed by atoms with Gasteiger partial charge in [0.05, 0.1) is 23.1 Å². The molecular weight excluding hydrogens is 278 g/mol. The summed E-state index contributed by atoms with van der Waals surface area (Å²) in [5.41, 5.74) is 0.784. The Morgan fingerprint density at radius 1 is 1.40 bits per heavy atom. The smallest absolute Gasteiger partial charge is 0.304 e. The average molecular weight is 297 g/mol. The maximum atomic E-state index is 12.2. The standard InChI is InChI=1S/C14H19NO4S/c1-10(2)15(8-7-14(16)17)12-9-20(18,19)13-6-4-3-5-11(12)13/h3-6,10,12H,7-9H2,1-2H3,(H,16,17). The average Bonchev–Trinajstić information content (AvgIpc) is 2.62. The lowest BCUT2D eigenvalue weighted by molar-refractivity contribution is -0.137. The van der Waals surface area contributed by atoms with Crippen LogP contribution in [0.5, 0.6) is 0 Å². The second-order valence-electron chi connectivity index (χ2n) is 5.31. The van der Waals surface area contributed by atoms with Crippen molar-refractivity contribution in [3.8, 4) is 0 Å². The van der Waals surface area contributed by atoms with Crippen molar-refractivity contribution >= 4 is 15.8 Å². The number of benzene rings is 1. The molecule has 20 heavy (non-hydrogen) atoms. The van der Waals surface area contributed by atoms with Gasteiger partial charge in [0.1, 0.15) is 0 Å². The predicted molar refractivity (Wildman–Crippen MR) is 75.3 cm³/mol. The van der Waals surface area contributed by atoms with E-state index in [9.17, 15) is 13.2 Å². The molecule has 0 aliphatic carbocycles. The van der Waals surface area contributed by atoms with Crippen LogP contribution in [0.3, 0.4) is 0 Å². The minimum atomic E-state index is -3.26. The third-order valence-electron chi connectivity index (χ3n) is 3.64. The van der Waals surface area contributed by atoms with Crippen LogP contribution >= 0.6 is 0 Å². The van der Waals surface area contributed by atoms with E-state index in [1.807, 2.05) is 30.9 Å². The van der Waals surface area contributed by atoms with Crippen LogP contribution in [0.25, 0.3) is 0 Å². The van der Waals surface area contributed by atoms with Gasteiger partial charge in [0.2, 0.25) is 0 Å². The van der Waals surface area contributed by atoms with Crippen molar-refractivity contribution in [3.63, 3.8) is 0 Å². The molecular formula is C14H19NO4S. The van der Waals surface area contributed by atoms with Crippen LogP contribution in [0, 0.1) is 0 Å². The van der Waals surface area contributed by atoms with Crippen molar-refractivity contribution in [3.05, 3.63) is 29.8 Å². The number of nitrogens with zero attached hydrogens (tertiary/aromatic N) is 1. The molecule has 1 N–H and O–H groups in total. The molecule has 0 saturated carbocycles. The van der Waals surface area contributed by atoms with Gasteiger partial charge in [-0.25, -0.2) is 8.42 Å². The third kappa shape index (κ3) is 2.86. The van der Waals surface area contributed by atoms with Gasteiger partial charge in [0, 0.05) is 12.6 Å². The number of carbonyl (C=O) groups is 1. The molecule has 1 unspecified atom stereocenters. The molecule has 0 radical (unpaired) electrons. The Labute approximate surface area is 119 Å². The monoisotopic (exact) mass is 297 g/mol. The van der Waals surface area contributed by atoms with Gasteiger partial charge in [-0.05, 0) is 25.5 Å². The van der Waals surface area contributed by atoms with E-state index in [2.05, 4.69) is 0 Å². The number of carboxylic acid groups (broad SMARTS) is 1. The van der Waals surface area contributed by atoms with Crippen molar-refractivity contribution < 1.29 is 18.3 Å². The van der Waals surface area contributed by atoms with E-state index in [1.165, 1.54) is 0 Å².